The van der Waals surface area contributed by atoms with Gasteiger partial charge in [0.25, 0.3) is 0 Å². The van der Waals surface area contributed by atoms with Gasteiger partial charge in [-0.05, 0) is 29.7 Å². The minimum atomic E-state index is -0.894. The van der Waals surface area contributed by atoms with E-state index in [9.17, 15) is 8.78 Å². The van der Waals surface area contributed by atoms with Crippen LogP contribution in [0.5, 0.6) is 0 Å². The van der Waals surface area contributed by atoms with Crippen LogP contribution in [0.1, 0.15) is 23.6 Å². The predicted molar refractivity (Wildman–Crippen MR) is 73.5 cm³/mol. The standard InChI is InChI=1S/C16H14F2NO/c1-2-12-3-5-13(6-4-12)10-19-20-11-14-7-8-15(17)16(18)9-14/h3-9H,2,11H2,1H3. The van der Waals surface area contributed by atoms with E-state index in [1.165, 1.54) is 11.6 Å². The first kappa shape index (κ1) is 14.2. The minimum Gasteiger partial charge on any atom is -0.390 e. The van der Waals surface area contributed by atoms with Gasteiger partial charge in [-0.2, -0.15) is 0 Å². The molecule has 2 nitrogen and oxygen atoms in total. The Kier molecular flexibility index (Phi) is 4.82. The Labute approximate surface area is 116 Å². The van der Waals surface area contributed by atoms with Gasteiger partial charge in [-0.15, -0.1) is 0 Å². The number of hydrogen-bond donors (Lipinski definition) is 0. The SMILES string of the molecule is CCc1ccc(/[C]=N\OCc2ccc(F)c(F)c2)cc1. The van der Waals surface area contributed by atoms with E-state index in [1.54, 1.807) is 0 Å². The lowest BCUT2D eigenvalue weighted by Crippen LogP contribution is -1.92. The first-order chi connectivity index (χ1) is 9.69. The first-order valence-electron chi connectivity index (χ1n) is 6.30. The highest BCUT2D eigenvalue weighted by Crippen LogP contribution is 2.09. The van der Waals surface area contributed by atoms with Gasteiger partial charge in [0.1, 0.15) is 12.8 Å². The molecule has 0 saturated carbocycles. The van der Waals surface area contributed by atoms with E-state index in [0.29, 0.717) is 5.56 Å². The topological polar surface area (TPSA) is 21.6 Å². The molecular weight excluding hydrogens is 260 g/mol. The van der Waals surface area contributed by atoms with Gasteiger partial charge < -0.3 is 4.84 Å². The molecule has 4 heteroatoms. The summed E-state index contributed by atoms with van der Waals surface area (Å²) in [5.74, 6) is -1.77. The van der Waals surface area contributed by atoms with Crippen molar-refractivity contribution in [2.24, 2.45) is 5.16 Å². The summed E-state index contributed by atoms with van der Waals surface area (Å²) in [5, 5.41) is 3.68. The lowest BCUT2D eigenvalue weighted by atomic mass is 10.1. The van der Waals surface area contributed by atoms with Crippen LogP contribution in [0.3, 0.4) is 0 Å². The van der Waals surface area contributed by atoms with E-state index in [1.807, 2.05) is 24.3 Å². The van der Waals surface area contributed by atoms with Crippen molar-refractivity contribution in [1.29, 1.82) is 0 Å². The fourth-order valence-electron chi connectivity index (χ4n) is 1.64. The molecule has 0 fully saturated rings. The van der Waals surface area contributed by atoms with E-state index in [-0.39, 0.29) is 6.61 Å². The third-order valence-electron chi connectivity index (χ3n) is 2.82. The third-order valence-corrected chi connectivity index (χ3v) is 2.82. The molecule has 0 unspecified atom stereocenters. The van der Waals surface area contributed by atoms with Crippen molar-refractivity contribution >= 4 is 6.21 Å². The molecule has 0 aliphatic carbocycles. The number of nitrogens with zero attached hydrogens (tertiary/aromatic N) is 1. The van der Waals surface area contributed by atoms with Crippen molar-refractivity contribution in [2.75, 3.05) is 0 Å². The summed E-state index contributed by atoms with van der Waals surface area (Å²) in [4.78, 5) is 5.00. The Bertz CT molecular complexity index is 594. The molecule has 0 atom stereocenters. The summed E-state index contributed by atoms with van der Waals surface area (Å²) in [6.07, 6.45) is 3.70. The highest BCUT2D eigenvalue weighted by atomic mass is 19.2. The Morgan fingerprint density at radius 3 is 2.35 bits per heavy atom. The number of hydrogen-bond acceptors (Lipinski definition) is 2. The monoisotopic (exact) mass is 274 g/mol. The van der Waals surface area contributed by atoms with Crippen molar-refractivity contribution in [3.8, 4) is 0 Å². The quantitative estimate of drug-likeness (QED) is 0.597. The summed E-state index contributed by atoms with van der Waals surface area (Å²) in [5.41, 5.74) is 2.54. The maximum Gasteiger partial charge on any atom is 0.159 e. The molecule has 20 heavy (non-hydrogen) atoms. The normalized spacial score (nSPS) is 10.9. The number of halogens is 2. The lowest BCUT2D eigenvalue weighted by Gasteiger charge is -2.00. The molecule has 0 N–H and O–H groups in total. The van der Waals surface area contributed by atoms with Gasteiger partial charge in [0.15, 0.2) is 11.6 Å². The van der Waals surface area contributed by atoms with Crippen molar-refractivity contribution in [1.82, 2.24) is 0 Å². The molecule has 0 saturated heterocycles. The van der Waals surface area contributed by atoms with Crippen LogP contribution in [0.2, 0.25) is 0 Å². The zero-order valence-electron chi connectivity index (χ0n) is 11.1. The summed E-state index contributed by atoms with van der Waals surface area (Å²) < 4.78 is 25.7. The summed E-state index contributed by atoms with van der Waals surface area (Å²) in [6.45, 7) is 2.15. The molecule has 0 aromatic heterocycles. The van der Waals surface area contributed by atoms with Crippen molar-refractivity contribution < 1.29 is 13.6 Å². The van der Waals surface area contributed by atoms with Gasteiger partial charge in [0.05, 0.1) is 0 Å². The van der Waals surface area contributed by atoms with Gasteiger partial charge in [0.2, 0.25) is 0 Å². The van der Waals surface area contributed by atoms with Crippen molar-refractivity contribution in [3.63, 3.8) is 0 Å². The first-order valence-corrected chi connectivity index (χ1v) is 6.30. The van der Waals surface area contributed by atoms with Crippen molar-refractivity contribution in [2.45, 2.75) is 20.0 Å². The Hall–Kier alpha value is -2.23. The lowest BCUT2D eigenvalue weighted by molar-refractivity contribution is 0.132. The van der Waals surface area contributed by atoms with Crippen LogP contribution in [0.4, 0.5) is 8.78 Å². The second-order valence-corrected chi connectivity index (χ2v) is 4.28. The van der Waals surface area contributed by atoms with Crippen LogP contribution >= 0.6 is 0 Å². The van der Waals surface area contributed by atoms with Gasteiger partial charge in [-0.3, -0.25) is 0 Å². The molecule has 0 aliphatic heterocycles. The maximum absolute atomic E-state index is 12.9. The predicted octanol–water partition coefficient (Wildman–Crippen LogP) is 3.95. The second kappa shape index (κ2) is 6.80. The molecule has 0 amide bonds. The van der Waals surface area contributed by atoms with Gasteiger partial charge in [-0.1, -0.05) is 42.4 Å². The maximum atomic E-state index is 12.9. The van der Waals surface area contributed by atoms with Crippen LogP contribution in [-0.2, 0) is 17.9 Å². The number of aryl methyl sites for hydroxylation is 1. The van der Waals surface area contributed by atoms with E-state index in [2.05, 4.69) is 18.3 Å². The van der Waals surface area contributed by atoms with E-state index in [0.717, 1.165) is 24.1 Å². The van der Waals surface area contributed by atoms with Gasteiger partial charge in [0, 0.05) is 5.56 Å². The van der Waals surface area contributed by atoms with Crippen LogP contribution < -0.4 is 0 Å². The summed E-state index contributed by atoms with van der Waals surface area (Å²) in [6, 6.07) is 11.4. The molecule has 0 aliphatic rings. The molecular formula is C16H14F2NO. The third kappa shape index (κ3) is 3.88. The smallest absolute Gasteiger partial charge is 0.159 e. The van der Waals surface area contributed by atoms with Crippen LogP contribution in [-0.4, -0.2) is 6.21 Å². The highest BCUT2D eigenvalue weighted by molar-refractivity contribution is 5.79. The second-order valence-electron chi connectivity index (χ2n) is 4.28. The highest BCUT2D eigenvalue weighted by Gasteiger charge is 2.02. The van der Waals surface area contributed by atoms with E-state index < -0.39 is 11.6 Å². The van der Waals surface area contributed by atoms with Gasteiger partial charge in [-0.25, -0.2) is 8.78 Å². The molecule has 0 heterocycles. The zero-order valence-corrected chi connectivity index (χ0v) is 11.1. The molecule has 2 rings (SSSR count). The summed E-state index contributed by atoms with van der Waals surface area (Å²) >= 11 is 0. The number of rotatable bonds is 5. The number of benzene rings is 2. The molecule has 2 aromatic rings. The van der Waals surface area contributed by atoms with Crippen LogP contribution in [0.15, 0.2) is 47.6 Å². The summed E-state index contributed by atoms with van der Waals surface area (Å²) in [7, 11) is 0. The molecule has 2 aromatic carbocycles. The molecule has 103 valence electrons. The van der Waals surface area contributed by atoms with Crippen LogP contribution in [0, 0.1) is 11.6 Å². The Morgan fingerprint density at radius 1 is 1.00 bits per heavy atom. The largest absolute Gasteiger partial charge is 0.390 e. The Balaban J connectivity index is 1.88. The molecule has 0 spiro atoms. The molecule has 1 radical (unpaired) electrons. The minimum absolute atomic E-state index is 0.0667. The van der Waals surface area contributed by atoms with E-state index in [4.69, 9.17) is 4.84 Å². The average Bonchev–Trinajstić information content (AvgIpc) is 2.48. The fraction of sp³-hybridized carbons (Fsp3) is 0.188. The Morgan fingerprint density at radius 2 is 1.70 bits per heavy atom. The van der Waals surface area contributed by atoms with Gasteiger partial charge >= 0.3 is 0 Å². The zero-order chi connectivity index (χ0) is 14.4. The molecule has 0 bridgehead atoms. The van der Waals surface area contributed by atoms with E-state index >= 15 is 0 Å². The van der Waals surface area contributed by atoms with Crippen LogP contribution in [0.25, 0.3) is 0 Å². The fourth-order valence-corrected chi connectivity index (χ4v) is 1.64. The van der Waals surface area contributed by atoms with Crippen molar-refractivity contribution in [3.05, 3.63) is 70.8 Å². The average molecular weight is 274 g/mol.